The Kier molecular flexibility index (Phi) is 6.15. The summed E-state index contributed by atoms with van der Waals surface area (Å²) in [5.74, 6) is -0.00545. The Morgan fingerprint density at radius 2 is 1.91 bits per heavy atom. The normalized spacial score (nSPS) is 16.1. The van der Waals surface area contributed by atoms with Gasteiger partial charge in [-0.3, -0.25) is 9.59 Å². The first-order valence-electron chi connectivity index (χ1n) is 11.3. The number of anilines is 1. The van der Waals surface area contributed by atoms with E-state index in [1.54, 1.807) is 16.7 Å². The highest BCUT2D eigenvalue weighted by Crippen LogP contribution is 2.26. The number of carbonyl (C=O) groups is 1. The van der Waals surface area contributed by atoms with Crippen LogP contribution >= 0.6 is 11.3 Å². The molecule has 1 aliphatic heterocycles. The Morgan fingerprint density at radius 3 is 2.68 bits per heavy atom. The summed E-state index contributed by atoms with van der Waals surface area (Å²) < 4.78 is 15.4. The van der Waals surface area contributed by atoms with Gasteiger partial charge in [-0.15, -0.1) is 11.3 Å². The molecule has 1 atom stereocenters. The molecular weight excluding hydrogens is 451 g/mol. The van der Waals surface area contributed by atoms with Crippen LogP contribution in [-0.2, 0) is 11.3 Å². The van der Waals surface area contributed by atoms with Crippen LogP contribution in [0.15, 0.2) is 64.8 Å². The van der Waals surface area contributed by atoms with Gasteiger partial charge in [-0.25, -0.2) is 13.9 Å². The average molecular weight is 477 g/mol. The van der Waals surface area contributed by atoms with Crippen LogP contribution in [0.4, 0.5) is 10.3 Å². The molecule has 1 fully saturated rings. The van der Waals surface area contributed by atoms with Crippen molar-refractivity contribution in [3.8, 4) is 5.69 Å². The van der Waals surface area contributed by atoms with E-state index in [2.05, 4.69) is 5.32 Å². The zero-order valence-electron chi connectivity index (χ0n) is 18.8. The molecule has 3 heterocycles. The van der Waals surface area contributed by atoms with E-state index in [1.165, 1.54) is 23.5 Å². The number of benzene rings is 2. The Hall–Kier alpha value is -3.52. The summed E-state index contributed by atoms with van der Waals surface area (Å²) in [5.41, 5.74) is 3.30. The van der Waals surface area contributed by atoms with Crippen LogP contribution in [0.1, 0.15) is 24.0 Å². The maximum atomic E-state index is 13.4. The van der Waals surface area contributed by atoms with E-state index in [0.29, 0.717) is 29.3 Å². The van der Waals surface area contributed by atoms with E-state index in [0.717, 1.165) is 36.2 Å². The average Bonchev–Trinajstić information content (AvgIpc) is 3.33. The van der Waals surface area contributed by atoms with Gasteiger partial charge in [0.1, 0.15) is 10.5 Å². The smallest absolute Gasteiger partial charge is 0.277 e. The minimum absolute atomic E-state index is 0.0464. The fraction of sp³-hybridized carbons (Fsp3) is 0.269. The third-order valence-electron chi connectivity index (χ3n) is 6.21. The molecule has 0 bridgehead atoms. The lowest BCUT2D eigenvalue weighted by molar-refractivity contribution is -0.125. The Labute approximate surface area is 200 Å². The summed E-state index contributed by atoms with van der Waals surface area (Å²) >= 11 is 1.39. The highest BCUT2D eigenvalue weighted by atomic mass is 32.1. The SMILES string of the molecule is Cc1ccc(-n2c(N3CCCC(C(=O)NCc4ccc(F)cc4)C3)nc3ccsc3c2=O)cc1. The molecule has 2 aromatic carbocycles. The van der Waals surface area contributed by atoms with Gasteiger partial charge in [0, 0.05) is 19.6 Å². The zero-order valence-corrected chi connectivity index (χ0v) is 19.6. The number of thiophene rings is 1. The van der Waals surface area contributed by atoms with Crippen molar-refractivity contribution in [2.75, 3.05) is 18.0 Å². The van der Waals surface area contributed by atoms with Crippen LogP contribution in [0, 0.1) is 18.7 Å². The predicted molar refractivity (Wildman–Crippen MR) is 133 cm³/mol. The van der Waals surface area contributed by atoms with Crippen molar-refractivity contribution in [1.82, 2.24) is 14.9 Å². The number of fused-ring (bicyclic) bond motifs is 1. The molecular formula is C26H25FN4O2S. The second kappa shape index (κ2) is 9.38. The Balaban J connectivity index is 1.42. The minimum atomic E-state index is -0.298. The van der Waals surface area contributed by atoms with Crippen LogP contribution in [0.5, 0.6) is 0 Å². The minimum Gasteiger partial charge on any atom is -0.352 e. The number of hydrogen-bond donors (Lipinski definition) is 1. The summed E-state index contributed by atoms with van der Waals surface area (Å²) in [4.78, 5) is 33.3. The van der Waals surface area contributed by atoms with Gasteiger partial charge in [-0.2, -0.15) is 0 Å². The molecule has 174 valence electrons. The van der Waals surface area contributed by atoms with Crippen molar-refractivity contribution >= 4 is 33.4 Å². The standard InChI is InChI=1S/C26H25FN4O2S/c1-17-4-10-21(11-5-17)31-25(33)23-22(12-14-34-23)29-26(31)30-13-2-3-19(16-30)24(32)28-15-18-6-8-20(27)9-7-18/h4-12,14,19H,2-3,13,15-16H2,1H3,(H,28,32). The van der Waals surface area contributed by atoms with Gasteiger partial charge in [0.15, 0.2) is 0 Å². The Morgan fingerprint density at radius 1 is 1.15 bits per heavy atom. The molecule has 6 nitrogen and oxygen atoms in total. The molecule has 0 radical (unpaired) electrons. The molecule has 2 aromatic heterocycles. The van der Waals surface area contributed by atoms with Crippen LogP contribution in [-0.4, -0.2) is 28.5 Å². The number of nitrogens with one attached hydrogen (secondary N) is 1. The molecule has 0 spiro atoms. The lowest BCUT2D eigenvalue weighted by Crippen LogP contribution is -2.45. The third-order valence-corrected chi connectivity index (χ3v) is 7.10. The number of hydrogen-bond acceptors (Lipinski definition) is 5. The number of nitrogens with zero attached hydrogens (tertiary/aromatic N) is 3. The molecule has 1 saturated heterocycles. The van der Waals surface area contributed by atoms with Gasteiger partial charge in [0.05, 0.1) is 17.1 Å². The third kappa shape index (κ3) is 4.46. The summed E-state index contributed by atoms with van der Waals surface area (Å²) in [7, 11) is 0. The van der Waals surface area contributed by atoms with Crippen molar-refractivity contribution in [1.29, 1.82) is 0 Å². The first kappa shape index (κ1) is 22.3. The van der Waals surface area contributed by atoms with Gasteiger partial charge in [0.25, 0.3) is 5.56 Å². The number of amides is 1. The van der Waals surface area contributed by atoms with Gasteiger partial charge in [0.2, 0.25) is 11.9 Å². The van der Waals surface area contributed by atoms with E-state index < -0.39 is 0 Å². The fourth-order valence-electron chi connectivity index (χ4n) is 4.35. The van der Waals surface area contributed by atoms with Gasteiger partial charge in [-0.1, -0.05) is 29.8 Å². The fourth-order valence-corrected chi connectivity index (χ4v) is 5.11. The largest absolute Gasteiger partial charge is 0.352 e. The molecule has 34 heavy (non-hydrogen) atoms. The number of aryl methyl sites for hydroxylation is 1. The van der Waals surface area contributed by atoms with Gasteiger partial charge >= 0.3 is 0 Å². The monoisotopic (exact) mass is 476 g/mol. The van der Waals surface area contributed by atoms with Gasteiger partial charge in [-0.05, 0) is 61.0 Å². The van der Waals surface area contributed by atoms with E-state index in [4.69, 9.17) is 4.98 Å². The van der Waals surface area contributed by atoms with Crippen molar-refractivity contribution in [3.63, 3.8) is 0 Å². The highest BCUT2D eigenvalue weighted by molar-refractivity contribution is 7.17. The number of carbonyl (C=O) groups excluding carboxylic acids is 1. The quantitative estimate of drug-likeness (QED) is 0.463. The number of piperidine rings is 1. The first-order valence-corrected chi connectivity index (χ1v) is 12.2. The van der Waals surface area contributed by atoms with E-state index in [9.17, 15) is 14.0 Å². The lowest BCUT2D eigenvalue weighted by Gasteiger charge is -2.34. The van der Waals surface area contributed by atoms with Crippen molar-refractivity contribution in [2.45, 2.75) is 26.3 Å². The highest BCUT2D eigenvalue weighted by Gasteiger charge is 2.29. The van der Waals surface area contributed by atoms with Crippen LogP contribution < -0.4 is 15.8 Å². The number of halogens is 1. The van der Waals surface area contributed by atoms with Crippen molar-refractivity contribution in [3.05, 3.63) is 87.3 Å². The van der Waals surface area contributed by atoms with Crippen LogP contribution in [0.2, 0.25) is 0 Å². The van der Waals surface area contributed by atoms with Crippen molar-refractivity contribution < 1.29 is 9.18 Å². The summed E-state index contributed by atoms with van der Waals surface area (Å²) in [6, 6.07) is 15.8. The first-order chi connectivity index (χ1) is 16.5. The zero-order chi connectivity index (χ0) is 23.7. The molecule has 1 N–H and O–H groups in total. The van der Waals surface area contributed by atoms with E-state index in [1.807, 2.05) is 47.5 Å². The van der Waals surface area contributed by atoms with Crippen LogP contribution in [0.3, 0.4) is 0 Å². The van der Waals surface area contributed by atoms with Crippen molar-refractivity contribution in [2.24, 2.45) is 5.92 Å². The number of aromatic nitrogens is 2. The molecule has 1 aliphatic rings. The Bertz CT molecular complexity index is 1380. The van der Waals surface area contributed by atoms with E-state index in [-0.39, 0.29) is 23.2 Å². The van der Waals surface area contributed by atoms with Gasteiger partial charge < -0.3 is 10.2 Å². The predicted octanol–water partition coefficient (Wildman–Crippen LogP) is 4.43. The molecule has 1 amide bonds. The van der Waals surface area contributed by atoms with E-state index >= 15 is 0 Å². The summed E-state index contributed by atoms with van der Waals surface area (Å²) in [6.45, 7) is 3.55. The summed E-state index contributed by atoms with van der Waals surface area (Å²) in [5, 5.41) is 4.85. The second-order valence-corrected chi connectivity index (χ2v) is 9.57. The molecule has 0 saturated carbocycles. The topological polar surface area (TPSA) is 67.2 Å². The molecule has 5 rings (SSSR count). The molecule has 8 heteroatoms. The lowest BCUT2D eigenvalue weighted by atomic mass is 9.97. The molecule has 1 unspecified atom stereocenters. The number of rotatable bonds is 5. The maximum absolute atomic E-state index is 13.4. The van der Waals surface area contributed by atoms with Crippen LogP contribution in [0.25, 0.3) is 15.9 Å². The summed E-state index contributed by atoms with van der Waals surface area (Å²) in [6.07, 6.45) is 1.58. The molecule has 0 aliphatic carbocycles. The molecule has 4 aromatic rings. The second-order valence-electron chi connectivity index (χ2n) is 8.65. The maximum Gasteiger partial charge on any atom is 0.277 e.